The standard InChI is InChI=1S/C14H16N4O7/c1-7(19)22-4-10-11(23-8(2)20)12(24-9(3)21)13(25-10)14(5-15)6-16-18-17-14/h6,10-13H,4H2,1-3H3/t10-,11-,12-,13-,14?/m1/s1. The lowest BCUT2D eigenvalue weighted by Crippen LogP contribution is -2.49. The molecular formula is C14H16N4O7. The van der Waals surface area contributed by atoms with Crippen molar-refractivity contribution in [3.8, 4) is 6.07 Å². The third-order valence-electron chi connectivity index (χ3n) is 3.49. The highest BCUT2D eigenvalue weighted by Gasteiger charge is 2.59. The maximum absolute atomic E-state index is 11.5. The Labute approximate surface area is 142 Å². The van der Waals surface area contributed by atoms with Gasteiger partial charge < -0.3 is 18.9 Å². The van der Waals surface area contributed by atoms with Crippen molar-refractivity contribution in [3.05, 3.63) is 0 Å². The Morgan fingerprint density at radius 1 is 1.16 bits per heavy atom. The summed E-state index contributed by atoms with van der Waals surface area (Å²) < 4.78 is 21.0. The molecule has 0 aromatic heterocycles. The molecule has 11 heteroatoms. The van der Waals surface area contributed by atoms with Gasteiger partial charge in [0.15, 0.2) is 12.2 Å². The SMILES string of the molecule is CC(=O)OC[C@H]1O[C@@H](C2(C#N)C=NN=N2)[C@H](OC(C)=O)[C@@H]1OC(C)=O. The number of rotatable bonds is 5. The van der Waals surface area contributed by atoms with Gasteiger partial charge in [0.05, 0.1) is 6.21 Å². The molecule has 0 saturated carbocycles. The molecule has 1 saturated heterocycles. The van der Waals surface area contributed by atoms with Gasteiger partial charge in [-0.1, -0.05) is 0 Å². The highest BCUT2D eigenvalue weighted by atomic mass is 16.6. The van der Waals surface area contributed by atoms with E-state index in [0.29, 0.717) is 0 Å². The molecule has 0 aromatic rings. The molecule has 0 N–H and O–H groups in total. The van der Waals surface area contributed by atoms with Crippen LogP contribution in [0.1, 0.15) is 20.8 Å². The Morgan fingerprint density at radius 2 is 1.80 bits per heavy atom. The minimum Gasteiger partial charge on any atom is -0.463 e. The van der Waals surface area contributed by atoms with Gasteiger partial charge in [0.2, 0.25) is 5.54 Å². The van der Waals surface area contributed by atoms with Gasteiger partial charge in [0.25, 0.3) is 0 Å². The van der Waals surface area contributed by atoms with E-state index in [1.165, 1.54) is 6.92 Å². The fraction of sp³-hybridized carbons (Fsp3) is 0.643. The first-order chi connectivity index (χ1) is 11.8. The maximum atomic E-state index is 11.5. The topological polar surface area (TPSA) is 149 Å². The quantitative estimate of drug-likeness (QED) is 0.491. The van der Waals surface area contributed by atoms with E-state index in [2.05, 4.69) is 15.4 Å². The van der Waals surface area contributed by atoms with E-state index in [9.17, 15) is 19.6 Å². The molecule has 134 valence electrons. The number of ether oxygens (including phenoxy) is 4. The van der Waals surface area contributed by atoms with E-state index in [1.807, 2.05) is 6.07 Å². The Bertz CT molecular complexity index is 657. The summed E-state index contributed by atoms with van der Waals surface area (Å²) >= 11 is 0. The van der Waals surface area contributed by atoms with Crippen molar-refractivity contribution >= 4 is 24.1 Å². The fourth-order valence-electron chi connectivity index (χ4n) is 2.55. The third-order valence-corrected chi connectivity index (χ3v) is 3.49. The van der Waals surface area contributed by atoms with Gasteiger partial charge in [-0.15, -0.1) is 10.2 Å². The summed E-state index contributed by atoms with van der Waals surface area (Å²) in [6, 6.07) is 1.91. The zero-order chi connectivity index (χ0) is 18.6. The largest absolute Gasteiger partial charge is 0.463 e. The van der Waals surface area contributed by atoms with Crippen LogP contribution in [0.2, 0.25) is 0 Å². The predicted octanol–water partition coefficient (Wildman–Crippen LogP) is -0.106. The van der Waals surface area contributed by atoms with Crippen molar-refractivity contribution in [2.75, 3.05) is 6.61 Å². The van der Waals surface area contributed by atoms with Gasteiger partial charge in [0.1, 0.15) is 24.9 Å². The first kappa shape index (κ1) is 18.5. The molecule has 1 fully saturated rings. The van der Waals surface area contributed by atoms with Crippen LogP contribution in [0.5, 0.6) is 0 Å². The van der Waals surface area contributed by atoms with Crippen LogP contribution < -0.4 is 0 Å². The van der Waals surface area contributed by atoms with Crippen molar-refractivity contribution < 1.29 is 33.3 Å². The lowest BCUT2D eigenvalue weighted by Gasteiger charge is -2.26. The number of nitriles is 1. The Balaban J connectivity index is 2.36. The molecule has 2 aliphatic rings. The summed E-state index contributed by atoms with van der Waals surface area (Å²) in [5, 5.41) is 20.2. The molecule has 5 atom stereocenters. The lowest BCUT2D eigenvalue weighted by atomic mass is 9.91. The highest BCUT2D eigenvalue weighted by Crippen LogP contribution is 2.36. The number of hydrogen-bond donors (Lipinski definition) is 0. The molecule has 2 rings (SSSR count). The van der Waals surface area contributed by atoms with Gasteiger partial charge in [-0.25, -0.2) is 0 Å². The van der Waals surface area contributed by atoms with E-state index in [1.54, 1.807) is 0 Å². The molecular weight excluding hydrogens is 336 g/mol. The van der Waals surface area contributed by atoms with E-state index in [-0.39, 0.29) is 6.61 Å². The van der Waals surface area contributed by atoms with Crippen molar-refractivity contribution in [2.24, 2.45) is 15.4 Å². The Morgan fingerprint density at radius 3 is 2.28 bits per heavy atom. The van der Waals surface area contributed by atoms with Crippen LogP contribution in [0, 0.1) is 11.3 Å². The molecule has 0 spiro atoms. The smallest absolute Gasteiger partial charge is 0.303 e. The molecule has 0 aliphatic carbocycles. The summed E-state index contributed by atoms with van der Waals surface area (Å²) in [7, 11) is 0. The molecule has 11 nitrogen and oxygen atoms in total. The molecule has 2 aliphatic heterocycles. The summed E-state index contributed by atoms with van der Waals surface area (Å²) in [5.74, 6) is -1.91. The zero-order valence-corrected chi connectivity index (χ0v) is 13.7. The predicted molar refractivity (Wildman–Crippen MR) is 78.1 cm³/mol. The second-order valence-electron chi connectivity index (χ2n) is 5.42. The lowest BCUT2D eigenvalue weighted by molar-refractivity contribution is -0.165. The molecule has 0 bridgehead atoms. The van der Waals surface area contributed by atoms with Crippen LogP contribution in [0.4, 0.5) is 0 Å². The van der Waals surface area contributed by atoms with Crippen LogP contribution >= 0.6 is 0 Å². The van der Waals surface area contributed by atoms with E-state index >= 15 is 0 Å². The number of hydrogen-bond acceptors (Lipinski definition) is 11. The maximum Gasteiger partial charge on any atom is 0.303 e. The molecule has 0 aromatic carbocycles. The molecule has 25 heavy (non-hydrogen) atoms. The second kappa shape index (κ2) is 7.35. The summed E-state index contributed by atoms with van der Waals surface area (Å²) in [6.45, 7) is 3.26. The van der Waals surface area contributed by atoms with Crippen molar-refractivity contribution in [3.63, 3.8) is 0 Å². The van der Waals surface area contributed by atoms with Crippen LogP contribution in [0.3, 0.4) is 0 Å². The highest BCUT2D eigenvalue weighted by molar-refractivity contribution is 5.77. The van der Waals surface area contributed by atoms with Gasteiger partial charge in [-0.3, -0.25) is 14.4 Å². The third kappa shape index (κ3) is 3.97. The van der Waals surface area contributed by atoms with Crippen LogP contribution in [-0.2, 0) is 33.3 Å². The second-order valence-corrected chi connectivity index (χ2v) is 5.42. The van der Waals surface area contributed by atoms with E-state index in [4.69, 9.17) is 18.9 Å². The van der Waals surface area contributed by atoms with E-state index < -0.39 is 47.9 Å². The summed E-state index contributed by atoms with van der Waals surface area (Å²) in [6.07, 6.45) is -3.23. The molecule has 0 amide bonds. The molecule has 1 unspecified atom stereocenters. The summed E-state index contributed by atoms with van der Waals surface area (Å²) in [5.41, 5.74) is -1.65. The minimum absolute atomic E-state index is 0.267. The average Bonchev–Trinajstić information content (AvgIpc) is 3.11. The van der Waals surface area contributed by atoms with Gasteiger partial charge in [-0.05, 0) is 5.22 Å². The molecule has 2 heterocycles. The number of carbonyl (C=O) groups is 3. The van der Waals surface area contributed by atoms with Gasteiger partial charge >= 0.3 is 17.9 Å². The van der Waals surface area contributed by atoms with Crippen LogP contribution in [0.25, 0.3) is 0 Å². The van der Waals surface area contributed by atoms with Gasteiger partial charge in [0, 0.05) is 20.8 Å². The number of esters is 3. The monoisotopic (exact) mass is 352 g/mol. The fourth-order valence-corrected chi connectivity index (χ4v) is 2.55. The van der Waals surface area contributed by atoms with Crippen molar-refractivity contribution in [1.82, 2.24) is 0 Å². The molecule has 0 radical (unpaired) electrons. The van der Waals surface area contributed by atoms with Gasteiger partial charge in [-0.2, -0.15) is 5.26 Å². The minimum atomic E-state index is -1.65. The first-order valence-corrected chi connectivity index (χ1v) is 7.30. The van der Waals surface area contributed by atoms with E-state index in [0.717, 1.165) is 20.1 Å². The normalized spacial score (nSPS) is 32.9. The number of carbonyl (C=O) groups excluding carboxylic acids is 3. The van der Waals surface area contributed by atoms with Crippen LogP contribution in [0.15, 0.2) is 15.4 Å². The summed E-state index contributed by atoms with van der Waals surface area (Å²) in [4.78, 5) is 34.0. The van der Waals surface area contributed by atoms with Crippen LogP contribution in [-0.4, -0.2) is 60.7 Å². The van der Waals surface area contributed by atoms with Crippen molar-refractivity contribution in [2.45, 2.75) is 50.7 Å². The first-order valence-electron chi connectivity index (χ1n) is 7.30. The number of nitrogens with zero attached hydrogens (tertiary/aromatic N) is 4. The average molecular weight is 352 g/mol. The zero-order valence-electron chi connectivity index (χ0n) is 13.7. The Kier molecular flexibility index (Phi) is 5.43. The Hall–Kier alpha value is -2.87. The van der Waals surface area contributed by atoms with Crippen molar-refractivity contribution in [1.29, 1.82) is 5.26 Å².